The second kappa shape index (κ2) is 6.19. The quantitative estimate of drug-likeness (QED) is 0.852. The number of nitrogens with zero attached hydrogens (tertiary/aromatic N) is 1. The normalized spacial score (nSPS) is 16.3. The van der Waals surface area contributed by atoms with E-state index in [1.54, 1.807) is 0 Å². The van der Waals surface area contributed by atoms with Gasteiger partial charge in [0.15, 0.2) is 0 Å². The zero-order valence-electron chi connectivity index (χ0n) is 12.2. The molecule has 3 heteroatoms. The van der Waals surface area contributed by atoms with Crippen LogP contribution in [0.2, 0.25) is 5.02 Å². The maximum Gasteiger partial charge on any atom is 0.0498 e. The maximum atomic E-state index is 6.19. The molecule has 1 N–H and O–H groups in total. The van der Waals surface area contributed by atoms with Crippen molar-refractivity contribution in [2.45, 2.75) is 45.7 Å². The molecule has 0 radical (unpaired) electrons. The Kier molecular flexibility index (Phi) is 4.32. The molecule has 1 aliphatic carbocycles. The Balaban J connectivity index is 1.94. The number of rotatable bonds is 5. The number of nitrogens with one attached hydrogen (secondary N) is 1. The van der Waals surface area contributed by atoms with E-state index in [2.05, 4.69) is 35.1 Å². The van der Waals surface area contributed by atoms with E-state index in [0.717, 1.165) is 30.6 Å². The Hall–Kier alpha value is -0.990. The van der Waals surface area contributed by atoms with Gasteiger partial charge in [0.2, 0.25) is 0 Å². The average molecular weight is 291 g/mol. The molecule has 0 unspecified atom stereocenters. The lowest BCUT2D eigenvalue weighted by Gasteiger charge is -2.11. The van der Waals surface area contributed by atoms with Gasteiger partial charge >= 0.3 is 0 Å². The largest absolute Gasteiger partial charge is 0.347 e. The summed E-state index contributed by atoms with van der Waals surface area (Å²) in [5.74, 6) is 0.844. The van der Waals surface area contributed by atoms with Crippen molar-refractivity contribution in [3.8, 4) is 0 Å². The first kappa shape index (κ1) is 14.0. The van der Waals surface area contributed by atoms with Crippen molar-refractivity contribution in [1.82, 2.24) is 9.88 Å². The van der Waals surface area contributed by atoms with Gasteiger partial charge in [0.25, 0.3) is 0 Å². The summed E-state index contributed by atoms with van der Waals surface area (Å²) in [6.07, 6.45) is 7.87. The SMILES string of the molecule is CCNCc1cn(CC2CCCC2)c2cc(Cl)ccc12. The Bertz CT molecular complexity index is 582. The lowest BCUT2D eigenvalue weighted by molar-refractivity contribution is 0.465. The van der Waals surface area contributed by atoms with Crippen LogP contribution >= 0.6 is 11.6 Å². The molecule has 0 amide bonds. The summed E-state index contributed by atoms with van der Waals surface area (Å²) in [5, 5.41) is 5.60. The number of hydrogen-bond acceptors (Lipinski definition) is 1. The molecule has 108 valence electrons. The molecule has 0 atom stereocenters. The molecular formula is C17H23ClN2. The number of aromatic nitrogens is 1. The molecule has 1 aliphatic rings. The van der Waals surface area contributed by atoms with Crippen molar-refractivity contribution in [1.29, 1.82) is 0 Å². The zero-order valence-corrected chi connectivity index (χ0v) is 12.9. The molecule has 0 saturated heterocycles. The van der Waals surface area contributed by atoms with Crippen LogP contribution < -0.4 is 5.32 Å². The van der Waals surface area contributed by atoms with Crippen LogP contribution in [0.4, 0.5) is 0 Å². The standard InChI is InChI=1S/C17H23ClN2/c1-2-19-10-14-12-20(11-13-5-3-4-6-13)17-9-15(18)7-8-16(14)17/h7-9,12-13,19H,2-6,10-11H2,1H3. The monoisotopic (exact) mass is 290 g/mol. The van der Waals surface area contributed by atoms with E-state index in [4.69, 9.17) is 11.6 Å². The Morgan fingerprint density at radius 3 is 2.85 bits per heavy atom. The third-order valence-corrected chi connectivity index (χ3v) is 4.66. The fraction of sp³-hybridized carbons (Fsp3) is 0.529. The molecule has 0 aliphatic heterocycles. The van der Waals surface area contributed by atoms with Gasteiger partial charge in [-0.1, -0.05) is 37.4 Å². The fourth-order valence-electron chi connectivity index (χ4n) is 3.36. The molecule has 2 nitrogen and oxygen atoms in total. The summed E-state index contributed by atoms with van der Waals surface area (Å²) in [6.45, 7) is 5.23. The van der Waals surface area contributed by atoms with E-state index in [9.17, 15) is 0 Å². The van der Waals surface area contributed by atoms with Crippen molar-refractivity contribution < 1.29 is 0 Å². The third-order valence-electron chi connectivity index (χ3n) is 4.42. The highest BCUT2D eigenvalue weighted by Crippen LogP contribution is 2.30. The minimum Gasteiger partial charge on any atom is -0.347 e. The predicted octanol–water partition coefficient (Wildman–Crippen LogP) is 4.59. The number of hydrogen-bond donors (Lipinski definition) is 1. The van der Waals surface area contributed by atoms with E-state index >= 15 is 0 Å². The molecule has 0 bridgehead atoms. The van der Waals surface area contributed by atoms with Gasteiger partial charge in [-0.15, -0.1) is 0 Å². The summed E-state index contributed by atoms with van der Waals surface area (Å²) in [7, 11) is 0. The van der Waals surface area contributed by atoms with E-state index < -0.39 is 0 Å². The Labute approximate surface area is 126 Å². The van der Waals surface area contributed by atoms with Crippen LogP contribution in [0.5, 0.6) is 0 Å². The number of halogens is 1. The molecule has 0 spiro atoms. The highest BCUT2D eigenvalue weighted by Gasteiger charge is 2.17. The van der Waals surface area contributed by atoms with E-state index in [-0.39, 0.29) is 0 Å². The lowest BCUT2D eigenvalue weighted by atomic mass is 10.1. The molecule has 1 saturated carbocycles. The third kappa shape index (κ3) is 2.87. The first-order chi connectivity index (χ1) is 9.78. The van der Waals surface area contributed by atoms with Crippen LogP contribution in [0.25, 0.3) is 10.9 Å². The molecule has 3 rings (SSSR count). The molecule has 1 heterocycles. The van der Waals surface area contributed by atoms with Gasteiger partial charge < -0.3 is 9.88 Å². The molecular weight excluding hydrogens is 268 g/mol. The predicted molar refractivity (Wildman–Crippen MR) is 86.3 cm³/mol. The molecule has 2 aromatic rings. The van der Waals surface area contributed by atoms with Gasteiger partial charge in [0.1, 0.15) is 0 Å². The van der Waals surface area contributed by atoms with Crippen LogP contribution in [-0.2, 0) is 13.1 Å². The van der Waals surface area contributed by atoms with Gasteiger partial charge in [-0.05, 0) is 43.0 Å². The highest BCUT2D eigenvalue weighted by atomic mass is 35.5. The first-order valence-corrected chi connectivity index (χ1v) is 8.13. The number of benzene rings is 1. The van der Waals surface area contributed by atoms with Gasteiger partial charge in [-0.3, -0.25) is 0 Å². The summed E-state index contributed by atoms with van der Waals surface area (Å²) in [6, 6.07) is 6.27. The van der Waals surface area contributed by atoms with Crippen molar-refractivity contribution in [3.63, 3.8) is 0 Å². The van der Waals surface area contributed by atoms with Gasteiger partial charge in [0.05, 0.1) is 0 Å². The van der Waals surface area contributed by atoms with Gasteiger partial charge in [0, 0.05) is 35.2 Å². The average Bonchev–Trinajstić information content (AvgIpc) is 3.06. The van der Waals surface area contributed by atoms with Crippen molar-refractivity contribution >= 4 is 22.5 Å². The zero-order chi connectivity index (χ0) is 13.9. The molecule has 1 aromatic carbocycles. The smallest absolute Gasteiger partial charge is 0.0498 e. The van der Waals surface area contributed by atoms with Crippen LogP contribution in [0, 0.1) is 5.92 Å². The Morgan fingerprint density at radius 1 is 1.30 bits per heavy atom. The topological polar surface area (TPSA) is 17.0 Å². The minimum atomic E-state index is 0.832. The lowest BCUT2D eigenvalue weighted by Crippen LogP contribution is -2.11. The van der Waals surface area contributed by atoms with Crippen molar-refractivity contribution in [2.75, 3.05) is 6.54 Å². The fourth-order valence-corrected chi connectivity index (χ4v) is 3.53. The van der Waals surface area contributed by atoms with Crippen molar-refractivity contribution in [3.05, 3.63) is 35.0 Å². The van der Waals surface area contributed by atoms with Gasteiger partial charge in [-0.25, -0.2) is 0 Å². The molecule has 1 fully saturated rings. The first-order valence-electron chi connectivity index (χ1n) is 7.76. The summed E-state index contributed by atoms with van der Waals surface area (Å²) in [4.78, 5) is 0. The second-order valence-corrected chi connectivity index (χ2v) is 6.34. The van der Waals surface area contributed by atoms with E-state index in [1.807, 2.05) is 6.07 Å². The minimum absolute atomic E-state index is 0.832. The van der Waals surface area contributed by atoms with E-state index in [1.165, 1.54) is 42.1 Å². The summed E-state index contributed by atoms with van der Waals surface area (Å²) in [5.41, 5.74) is 2.67. The van der Waals surface area contributed by atoms with Crippen LogP contribution in [0.1, 0.15) is 38.2 Å². The van der Waals surface area contributed by atoms with E-state index in [0.29, 0.717) is 0 Å². The number of fused-ring (bicyclic) bond motifs is 1. The summed E-state index contributed by atoms with van der Waals surface area (Å²) >= 11 is 6.19. The van der Waals surface area contributed by atoms with Crippen LogP contribution in [-0.4, -0.2) is 11.1 Å². The highest BCUT2D eigenvalue weighted by molar-refractivity contribution is 6.31. The van der Waals surface area contributed by atoms with Crippen LogP contribution in [0.3, 0.4) is 0 Å². The van der Waals surface area contributed by atoms with Gasteiger partial charge in [-0.2, -0.15) is 0 Å². The Morgan fingerprint density at radius 2 is 2.10 bits per heavy atom. The van der Waals surface area contributed by atoms with Crippen molar-refractivity contribution in [2.24, 2.45) is 5.92 Å². The maximum absolute atomic E-state index is 6.19. The molecule has 20 heavy (non-hydrogen) atoms. The van der Waals surface area contributed by atoms with Crippen LogP contribution in [0.15, 0.2) is 24.4 Å². The molecule has 1 aromatic heterocycles. The summed E-state index contributed by atoms with van der Waals surface area (Å²) < 4.78 is 2.42. The second-order valence-electron chi connectivity index (χ2n) is 5.90.